The largest absolute Gasteiger partial charge is 0.483 e. The van der Waals surface area contributed by atoms with Gasteiger partial charge in [0, 0.05) is 11.3 Å². The molecule has 3 nitrogen and oxygen atoms in total. The van der Waals surface area contributed by atoms with E-state index in [9.17, 15) is 0 Å². The van der Waals surface area contributed by atoms with Gasteiger partial charge < -0.3 is 5.11 Å². The normalized spacial score (nSPS) is 9.68. The molecule has 19 heavy (non-hydrogen) atoms. The summed E-state index contributed by atoms with van der Waals surface area (Å²) >= 11 is 6.17. The third-order valence-corrected chi connectivity index (χ3v) is 2.81. The highest BCUT2D eigenvalue weighted by Crippen LogP contribution is 2.27. The van der Waals surface area contributed by atoms with Crippen LogP contribution < -0.4 is 0 Å². The Morgan fingerprint density at radius 2 is 1.74 bits per heavy atom. The molecule has 0 spiro atoms. The predicted octanol–water partition coefficient (Wildman–Crippen LogP) is 4.23. The number of hydrogen-bond acceptors (Lipinski definition) is 2. The minimum absolute atomic E-state index is 0.250. The Morgan fingerprint density at radius 1 is 1.16 bits per heavy atom. The molecule has 0 unspecified atom stereocenters. The van der Waals surface area contributed by atoms with Gasteiger partial charge in [0.25, 0.3) is 6.47 Å². The maximum atomic E-state index is 8.36. The second-order valence-corrected chi connectivity index (χ2v) is 4.60. The Balaban J connectivity index is 0.000000550. The fourth-order valence-corrected chi connectivity index (χ4v) is 1.79. The lowest BCUT2D eigenvalue weighted by Gasteiger charge is -2.09. The van der Waals surface area contributed by atoms with E-state index in [0.29, 0.717) is 10.9 Å². The zero-order valence-corrected chi connectivity index (χ0v) is 11.6. The number of benzene rings is 1. The first-order valence-corrected chi connectivity index (χ1v) is 6.27. The molecule has 1 heterocycles. The van der Waals surface area contributed by atoms with Gasteiger partial charge in [-0.3, -0.25) is 9.78 Å². The minimum atomic E-state index is -0.250. The lowest BCUT2D eigenvalue weighted by atomic mass is 10.1. The van der Waals surface area contributed by atoms with Gasteiger partial charge in [-0.1, -0.05) is 55.8 Å². The molecule has 0 aliphatic rings. The van der Waals surface area contributed by atoms with E-state index in [2.05, 4.69) is 18.8 Å². The smallest absolute Gasteiger partial charge is 0.290 e. The van der Waals surface area contributed by atoms with Gasteiger partial charge >= 0.3 is 0 Å². The molecular formula is C15H16ClNO2. The van der Waals surface area contributed by atoms with Crippen molar-refractivity contribution >= 4 is 18.1 Å². The summed E-state index contributed by atoms with van der Waals surface area (Å²) in [6, 6.07) is 13.9. The number of pyridine rings is 1. The molecule has 0 saturated carbocycles. The van der Waals surface area contributed by atoms with E-state index in [1.54, 1.807) is 0 Å². The fourth-order valence-electron chi connectivity index (χ4n) is 1.58. The highest BCUT2D eigenvalue weighted by Gasteiger charge is 2.08. The van der Waals surface area contributed by atoms with Crippen molar-refractivity contribution < 1.29 is 9.90 Å². The topological polar surface area (TPSA) is 50.2 Å². The average Bonchev–Trinajstić information content (AvgIpc) is 2.41. The first-order chi connectivity index (χ1) is 9.10. The van der Waals surface area contributed by atoms with E-state index in [-0.39, 0.29) is 6.47 Å². The van der Waals surface area contributed by atoms with Gasteiger partial charge in [-0.25, -0.2) is 0 Å². The molecule has 0 radical (unpaired) electrons. The molecule has 100 valence electrons. The summed E-state index contributed by atoms with van der Waals surface area (Å²) in [5, 5.41) is 7.59. The number of carbonyl (C=O) groups is 1. The summed E-state index contributed by atoms with van der Waals surface area (Å²) in [7, 11) is 0. The number of hydrogen-bond donors (Lipinski definition) is 1. The van der Waals surface area contributed by atoms with Gasteiger partial charge in [-0.15, -0.1) is 0 Å². The predicted molar refractivity (Wildman–Crippen MR) is 77.5 cm³/mol. The minimum Gasteiger partial charge on any atom is -0.483 e. The van der Waals surface area contributed by atoms with E-state index in [4.69, 9.17) is 21.5 Å². The van der Waals surface area contributed by atoms with Gasteiger partial charge in [0.15, 0.2) is 0 Å². The van der Waals surface area contributed by atoms with Crippen molar-refractivity contribution in [2.75, 3.05) is 0 Å². The van der Waals surface area contributed by atoms with Crippen LogP contribution in [0.3, 0.4) is 0 Å². The van der Waals surface area contributed by atoms with Crippen LogP contribution in [0.5, 0.6) is 0 Å². The molecule has 2 rings (SSSR count). The van der Waals surface area contributed by atoms with E-state index in [1.165, 1.54) is 0 Å². The van der Waals surface area contributed by atoms with Crippen molar-refractivity contribution in [1.82, 2.24) is 4.98 Å². The molecule has 4 heteroatoms. The van der Waals surface area contributed by atoms with Crippen molar-refractivity contribution in [3.63, 3.8) is 0 Å². The summed E-state index contributed by atoms with van der Waals surface area (Å²) in [5.74, 6) is 0.416. The summed E-state index contributed by atoms with van der Waals surface area (Å²) < 4.78 is 0. The van der Waals surface area contributed by atoms with Crippen LogP contribution in [-0.4, -0.2) is 16.6 Å². The molecule has 0 aliphatic heterocycles. The lowest BCUT2D eigenvalue weighted by molar-refractivity contribution is -0.122. The number of halogens is 1. The summed E-state index contributed by atoms with van der Waals surface area (Å²) in [6.07, 6.45) is 0. The van der Waals surface area contributed by atoms with E-state index < -0.39 is 0 Å². The first-order valence-electron chi connectivity index (χ1n) is 5.89. The Labute approximate surface area is 117 Å². The van der Waals surface area contributed by atoms with Crippen LogP contribution in [0.2, 0.25) is 5.02 Å². The molecule has 0 atom stereocenters. The van der Waals surface area contributed by atoms with Crippen molar-refractivity contribution in [3.05, 3.63) is 53.2 Å². The molecule has 0 fully saturated rings. The molecule has 1 aromatic carbocycles. The Hall–Kier alpha value is -1.87. The van der Waals surface area contributed by atoms with Gasteiger partial charge in [-0.05, 0) is 18.1 Å². The van der Waals surface area contributed by atoms with Crippen LogP contribution in [0, 0.1) is 0 Å². The first kappa shape index (κ1) is 15.2. The Kier molecular flexibility index (Phi) is 6.03. The summed E-state index contributed by atoms with van der Waals surface area (Å²) in [5.41, 5.74) is 3.01. The average molecular weight is 278 g/mol. The second-order valence-electron chi connectivity index (χ2n) is 4.19. The van der Waals surface area contributed by atoms with E-state index >= 15 is 0 Å². The molecule has 1 aromatic heterocycles. The van der Waals surface area contributed by atoms with Crippen LogP contribution in [0.4, 0.5) is 0 Å². The highest BCUT2D eigenvalue weighted by molar-refractivity contribution is 6.33. The number of rotatable bonds is 2. The quantitative estimate of drug-likeness (QED) is 0.836. The number of carboxylic acid groups (broad SMARTS) is 1. The molecule has 2 aromatic rings. The molecular weight excluding hydrogens is 262 g/mol. The SMILES string of the molecule is CC(C)c1ccc(Cl)c(-c2ccccc2)n1.O=CO. The molecule has 0 amide bonds. The highest BCUT2D eigenvalue weighted by atomic mass is 35.5. The lowest BCUT2D eigenvalue weighted by Crippen LogP contribution is -1.95. The van der Waals surface area contributed by atoms with Crippen LogP contribution in [0.1, 0.15) is 25.5 Å². The maximum absolute atomic E-state index is 8.36. The van der Waals surface area contributed by atoms with Crippen molar-refractivity contribution in [2.45, 2.75) is 19.8 Å². The van der Waals surface area contributed by atoms with Gasteiger partial charge in [0.05, 0.1) is 10.7 Å². The monoisotopic (exact) mass is 277 g/mol. The summed E-state index contributed by atoms with van der Waals surface area (Å²) in [6.45, 7) is 4.01. The van der Waals surface area contributed by atoms with Crippen LogP contribution in [0.25, 0.3) is 11.3 Å². The van der Waals surface area contributed by atoms with E-state index in [1.807, 2.05) is 42.5 Å². The standard InChI is InChI=1S/C14H14ClN.CH2O2/c1-10(2)13-9-8-12(15)14(16-13)11-6-4-3-5-7-11;2-1-3/h3-10H,1-2H3;1H,(H,2,3). The zero-order valence-electron chi connectivity index (χ0n) is 10.9. The van der Waals surface area contributed by atoms with Crippen LogP contribution >= 0.6 is 11.6 Å². The Morgan fingerprint density at radius 3 is 2.26 bits per heavy atom. The molecule has 1 N–H and O–H groups in total. The molecule has 0 aliphatic carbocycles. The summed E-state index contributed by atoms with van der Waals surface area (Å²) in [4.78, 5) is 13.0. The third kappa shape index (κ3) is 4.38. The van der Waals surface area contributed by atoms with Crippen molar-refractivity contribution in [2.24, 2.45) is 0 Å². The Bertz CT molecular complexity index is 527. The van der Waals surface area contributed by atoms with Crippen LogP contribution in [0.15, 0.2) is 42.5 Å². The fraction of sp³-hybridized carbons (Fsp3) is 0.200. The van der Waals surface area contributed by atoms with Gasteiger partial charge in [0.2, 0.25) is 0 Å². The third-order valence-electron chi connectivity index (χ3n) is 2.51. The van der Waals surface area contributed by atoms with Crippen molar-refractivity contribution in [1.29, 1.82) is 0 Å². The number of aromatic nitrogens is 1. The maximum Gasteiger partial charge on any atom is 0.290 e. The zero-order chi connectivity index (χ0) is 14.3. The van der Waals surface area contributed by atoms with Gasteiger partial charge in [-0.2, -0.15) is 0 Å². The second kappa shape index (κ2) is 7.54. The van der Waals surface area contributed by atoms with Crippen molar-refractivity contribution in [3.8, 4) is 11.3 Å². The van der Waals surface area contributed by atoms with Gasteiger partial charge in [0.1, 0.15) is 0 Å². The molecule has 0 bridgehead atoms. The van der Waals surface area contributed by atoms with Crippen LogP contribution in [-0.2, 0) is 4.79 Å². The van der Waals surface area contributed by atoms with E-state index in [0.717, 1.165) is 17.0 Å². The number of nitrogens with zero attached hydrogens (tertiary/aromatic N) is 1. The molecule has 0 saturated heterocycles.